The lowest BCUT2D eigenvalue weighted by Gasteiger charge is -2.21. The molecule has 0 bridgehead atoms. The highest BCUT2D eigenvalue weighted by Gasteiger charge is 2.29. The van der Waals surface area contributed by atoms with Gasteiger partial charge in [0.05, 0.1) is 16.9 Å². The van der Waals surface area contributed by atoms with Gasteiger partial charge in [0, 0.05) is 0 Å². The Morgan fingerprint density at radius 3 is 2.33 bits per heavy atom. The lowest BCUT2D eigenvalue weighted by molar-refractivity contribution is -0.136. The van der Waals surface area contributed by atoms with Crippen LogP contribution in [0.15, 0.2) is 24.3 Å². The van der Waals surface area contributed by atoms with Crippen molar-refractivity contribution in [2.45, 2.75) is 31.9 Å². The molecular formula is C12H17NO4S. The van der Waals surface area contributed by atoms with Gasteiger partial charge in [0.25, 0.3) is 0 Å². The third-order valence-corrected chi connectivity index (χ3v) is 4.51. The molecule has 0 atom stereocenters. The van der Waals surface area contributed by atoms with Gasteiger partial charge in [0.1, 0.15) is 0 Å². The quantitative estimate of drug-likeness (QED) is 0.875. The number of carbonyl (C=O) groups is 1. The van der Waals surface area contributed by atoms with Crippen molar-refractivity contribution in [3.05, 3.63) is 29.8 Å². The van der Waals surface area contributed by atoms with Crippen molar-refractivity contribution in [3.63, 3.8) is 0 Å². The summed E-state index contributed by atoms with van der Waals surface area (Å²) in [6.45, 7) is 4.74. The lowest BCUT2D eigenvalue weighted by atomic mass is 10.1. The third kappa shape index (κ3) is 3.46. The fourth-order valence-electron chi connectivity index (χ4n) is 1.23. The molecule has 5 nitrogen and oxygen atoms in total. The first-order chi connectivity index (χ1) is 8.13. The van der Waals surface area contributed by atoms with Crippen LogP contribution in [0, 0.1) is 0 Å². The highest BCUT2D eigenvalue weighted by atomic mass is 32.2. The number of benzene rings is 1. The number of carboxylic acids is 1. The Hall–Kier alpha value is -1.56. The topological polar surface area (TPSA) is 83.5 Å². The highest BCUT2D eigenvalue weighted by Crippen LogP contribution is 2.22. The van der Waals surface area contributed by atoms with Crippen molar-refractivity contribution >= 4 is 21.7 Å². The molecule has 0 heterocycles. The van der Waals surface area contributed by atoms with Crippen LogP contribution < -0.4 is 4.72 Å². The third-order valence-electron chi connectivity index (χ3n) is 2.41. The minimum atomic E-state index is -3.55. The number of carboxylic acid groups (broad SMARTS) is 1. The molecule has 0 aliphatic heterocycles. The summed E-state index contributed by atoms with van der Waals surface area (Å²) in [4.78, 5) is 10.7. The maximum absolute atomic E-state index is 12.0. The van der Waals surface area contributed by atoms with Gasteiger partial charge in [-0.2, -0.15) is 0 Å². The van der Waals surface area contributed by atoms with E-state index in [1.807, 2.05) is 0 Å². The van der Waals surface area contributed by atoms with Crippen molar-refractivity contribution in [1.82, 2.24) is 0 Å². The molecule has 2 N–H and O–H groups in total. The fraction of sp³-hybridized carbons (Fsp3) is 0.417. The molecule has 1 aromatic rings. The molecule has 100 valence electrons. The Morgan fingerprint density at radius 1 is 1.28 bits per heavy atom. The van der Waals surface area contributed by atoms with Crippen molar-refractivity contribution in [3.8, 4) is 0 Å². The first-order valence-electron chi connectivity index (χ1n) is 5.45. The molecule has 0 aliphatic carbocycles. The second-order valence-electron chi connectivity index (χ2n) is 4.95. The number of nitrogens with one attached hydrogen (secondary N) is 1. The van der Waals surface area contributed by atoms with Crippen LogP contribution in [0.3, 0.4) is 0 Å². The van der Waals surface area contributed by atoms with Crippen LogP contribution in [0.2, 0.25) is 0 Å². The van der Waals surface area contributed by atoms with Gasteiger partial charge in [0.2, 0.25) is 10.0 Å². The summed E-state index contributed by atoms with van der Waals surface area (Å²) in [5, 5.41) is 8.77. The van der Waals surface area contributed by atoms with E-state index in [0.717, 1.165) is 0 Å². The van der Waals surface area contributed by atoms with Crippen LogP contribution in [0.25, 0.3) is 0 Å². The minimum Gasteiger partial charge on any atom is -0.481 e. The van der Waals surface area contributed by atoms with E-state index in [1.54, 1.807) is 45.0 Å². The number of aliphatic carboxylic acids is 1. The molecule has 0 aliphatic rings. The Kier molecular flexibility index (Phi) is 4.01. The molecule has 0 saturated heterocycles. The van der Waals surface area contributed by atoms with E-state index in [0.29, 0.717) is 11.3 Å². The summed E-state index contributed by atoms with van der Waals surface area (Å²) in [7, 11) is -3.55. The summed E-state index contributed by atoms with van der Waals surface area (Å²) in [6.07, 6.45) is -0.219. The molecular weight excluding hydrogens is 254 g/mol. The number of hydrogen-bond donors (Lipinski definition) is 2. The average Bonchev–Trinajstić information content (AvgIpc) is 2.18. The first-order valence-corrected chi connectivity index (χ1v) is 6.94. The zero-order valence-corrected chi connectivity index (χ0v) is 11.4. The Balaban J connectivity index is 3.09. The van der Waals surface area contributed by atoms with E-state index in [9.17, 15) is 13.2 Å². The van der Waals surface area contributed by atoms with Crippen molar-refractivity contribution < 1.29 is 18.3 Å². The van der Waals surface area contributed by atoms with Crippen molar-refractivity contribution in [2.75, 3.05) is 4.72 Å². The fourth-order valence-corrected chi connectivity index (χ4v) is 2.03. The van der Waals surface area contributed by atoms with Crippen LogP contribution in [-0.4, -0.2) is 24.2 Å². The monoisotopic (exact) mass is 271 g/mol. The number of sulfonamides is 1. The number of para-hydroxylation sites is 1. The van der Waals surface area contributed by atoms with E-state index < -0.39 is 20.7 Å². The van der Waals surface area contributed by atoms with E-state index in [2.05, 4.69) is 4.72 Å². The van der Waals surface area contributed by atoms with Gasteiger partial charge in [0.15, 0.2) is 0 Å². The smallest absolute Gasteiger partial charge is 0.307 e. The molecule has 0 aromatic heterocycles. The predicted octanol–water partition coefficient (Wildman–Crippen LogP) is 1.85. The number of hydrogen-bond acceptors (Lipinski definition) is 3. The van der Waals surface area contributed by atoms with Crippen LogP contribution in [-0.2, 0) is 21.2 Å². The maximum Gasteiger partial charge on any atom is 0.307 e. The molecule has 0 spiro atoms. The molecule has 1 rings (SSSR count). The molecule has 0 fully saturated rings. The Morgan fingerprint density at radius 2 is 1.83 bits per heavy atom. The average molecular weight is 271 g/mol. The molecule has 0 unspecified atom stereocenters. The predicted molar refractivity (Wildman–Crippen MR) is 70.1 cm³/mol. The minimum absolute atomic E-state index is 0.219. The van der Waals surface area contributed by atoms with Crippen LogP contribution in [0.1, 0.15) is 26.3 Å². The van der Waals surface area contributed by atoms with E-state index >= 15 is 0 Å². The van der Waals surface area contributed by atoms with Crippen LogP contribution in [0.4, 0.5) is 5.69 Å². The number of anilines is 1. The SMILES string of the molecule is CC(C)(C)S(=O)(=O)Nc1ccccc1CC(=O)O. The molecule has 0 amide bonds. The largest absolute Gasteiger partial charge is 0.481 e. The Bertz CT molecular complexity index is 543. The Labute approximate surface area is 107 Å². The zero-order valence-electron chi connectivity index (χ0n) is 10.6. The summed E-state index contributed by atoms with van der Waals surface area (Å²) in [6, 6.07) is 6.48. The lowest BCUT2D eigenvalue weighted by Crippen LogP contribution is -2.34. The molecule has 6 heteroatoms. The normalized spacial score (nSPS) is 12.2. The van der Waals surface area contributed by atoms with Gasteiger partial charge in [-0.25, -0.2) is 8.42 Å². The standard InChI is InChI=1S/C12H17NO4S/c1-12(2,3)18(16,17)13-10-7-5-4-6-9(10)8-11(14)15/h4-7,13H,8H2,1-3H3,(H,14,15). The van der Waals surface area contributed by atoms with Gasteiger partial charge in [-0.1, -0.05) is 18.2 Å². The second-order valence-corrected chi connectivity index (χ2v) is 7.38. The van der Waals surface area contributed by atoms with Crippen molar-refractivity contribution in [2.24, 2.45) is 0 Å². The van der Waals surface area contributed by atoms with Gasteiger partial charge in [-0.3, -0.25) is 9.52 Å². The van der Waals surface area contributed by atoms with Gasteiger partial charge in [-0.05, 0) is 32.4 Å². The highest BCUT2D eigenvalue weighted by molar-refractivity contribution is 7.94. The van der Waals surface area contributed by atoms with Gasteiger partial charge >= 0.3 is 5.97 Å². The van der Waals surface area contributed by atoms with Crippen molar-refractivity contribution in [1.29, 1.82) is 0 Å². The van der Waals surface area contributed by atoms with Crippen LogP contribution in [0.5, 0.6) is 0 Å². The molecule has 18 heavy (non-hydrogen) atoms. The molecule has 1 aromatic carbocycles. The van der Waals surface area contributed by atoms with E-state index in [1.165, 1.54) is 0 Å². The summed E-state index contributed by atoms with van der Waals surface area (Å²) in [5.41, 5.74) is 0.757. The van der Waals surface area contributed by atoms with E-state index in [4.69, 9.17) is 5.11 Å². The van der Waals surface area contributed by atoms with Crippen LogP contribution >= 0.6 is 0 Å². The van der Waals surface area contributed by atoms with Gasteiger partial charge in [-0.15, -0.1) is 0 Å². The van der Waals surface area contributed by atoms with Gasteiger partial charge < -0.3 is 5.11 Å². The molecule has 0 saturated carbocycles. The summed E-state index contributed by atoms with van der Waals surface area (Å²) < 4.78 is 25.5. The molecule has 0 radical (unpaired) electrons. The van der Waals surface area contributed by atoms with E-state index in [-0.39, 0.29) is 6.42 Å². The summed E-state index contributed by atoms with van der Waals surface area (Å²) >= 11 is 0. The first kappa shape index (κ1) is 14.5. The zero-order chi connectivity index (χ0) is 14.0. The summed E-state index contributed by atoms with van der Waals surface area (Å²) in [5.74, 6) is -1.00. The number of rotatable bonds is 4. The maximum atomic E-state index is 12.0. The second kappa shape index (κ2) is 4.97.